The topological polar surface area (TPSA) is 195 Å². The van der Waals surface area contributed by atoms with Crippen LogP contribution in [0.3, 0.4) is 0 Å². The summed E-state index contributed by atoms with van der Waals surface area (Å²) in [5.41, 5.74) is 0.862. The molecule has 1 saturated heterocycles. The Kier molecular flexibility index (Phi) is 8.31. The summed E-state index contributed by atoms with van der Waals surface area (Å²) >= 11 is 0. The lowest BCUT2D eigenvalue weighted by atomic mass is 10.3. The maximum atomic E-state index is 11.9. The number of sulfonamides is 2. The molecule has 0 amide bonds. The molecule has 0 unspecified atom stereocenters. The standard InChI is InChI=1S/C20H24N8O6S2/c1-15(29)23-35(31,32)19-7-3-17(4-8-19)21-25-27-11-13-28(14-12-27)26-22-18-5-9-20(10-6-18)36(33,34)24-16(2)30/h3-10H,11-14H2,1-2H3,(H,23,29)(H,24,30)/p-2. The van der Waals surface area contributed by atoms with Crippen LogP contribution in [0.5, 0.6) is 0 Å². The van der Waals surface area contributed by atoms with Crippen molar-refractivity contribution in [2.24, 2.45) is 29.5 Å². The SMILES string of the molecule is CC([O-])=NS(=O)(=O)c1ccc(N=NN2CCN(N=Nc3ccc(S(=O)(=O)N=C(C)[O-])cc3)CC2)cc1. The summed E-state index contributed by atoms with van der Waals surface area (Å²) in [5.74, 6) is -1.61. The van der Waals surface area contributed by atoms with Crippen molar-refractivity contribution in [1.82, 2.24) is 10.0 Å². The van der Waals surface area contributed by atoms with Crippen LogP contribution in [-0.4, -0.2) is 64.8 Å². The van der Waals surface area contributed by atoms with Crippen LogP contribution in [0.2, 0.25) is 0 Å². The molecule has 1 fully saturated rings. The van der Waals surface area contributed by atoms with Crippen LogP contribution < -0.4 is 10.2 Å². The fraction of sp³-hybridized carbons (Fsp3) is 0.300. The van der Waals surface area contributed by atoms with Crippen molar-refractivity contribution in [2.75, 3.05) is 26.2 Å². The first-order chi connectivity index (χ1) is 16.9. The lowest BCUT2D eigenvalue weighted by molar-refractivity contribution is -0.215. The van der Waals surface area contributed by atoms with Gasteiger partial charge in [0, 0.05) is 0 Å². The lowest BCUT2D eigenvalue weighted by Crippen LogP contribution is -2.40. The Bertz CT molecular complexity index is 1280. The Morgan fingerprint density at radius 1 is 0.639 bits per heavy atom. The average molecular weight is 535 g/mol. The van der Waals surface area contributed by atoms with Gasteiger partial charge in [-0.2, -0.15) is 25.6 Å². The van der Waals surface area contributed by atoms with Crippen LogP contribution in [0.4, 0.5) is 11.4 Å². The van der Waals surface area contributed by atoms with Crippen molar-refractivity contribution < 1.29 is 27.0 Å². The number of rotatable bonds is 8. The van der Waals surface area contributed by atoms with Gasteiger partial charge in [-0.15, -0.1) is 10.2 Å². The first-order valence-corrected chi connectivity index (χ1v) is 13.3. The van der Waals surface area contributed by atoms with E-state index in [-0.39, 0.29) is 9.79 Å². The van der Waals surface area contributed by atoms with E-state index in [1.807, 2.05) is 0 Å². The number of piperazine rings is 1. The molecule has 2 aromatic carbocycles. The normalized spacial score (nSPS) is 16.3. The summed E-state index contributed by atoms with van der Waals surface area (Å²) in [6.45, 7) is 4.16. The van der Waals surface area contributed by atoms with Gasteiger partial charge in [0.1, 0.15) is 0 Å². The number of hydrogen-bond donors (Lipinski definition) is 0. The molecule has 2 aromatic rings. The second-order valence-electron chi connectivity index (χ2n) is 7.44. The number of hydrogen-bond acceptors (Lipinski definition) is 10. The second-order valence-corrected chi connectivity index (χ2v) is 10.7. The van der Waals surface area contributed by atoms with Gasteiger partial charge in [-0.05, 0) is 74.2 Å². The van der Waals surface area contributed by atoms with Crippen molar-refractivity contribution in [2.45, 2.75) is 23.6 Å². The maximum Gasteiger partial charge on any atom is 0.281 e. The highest BCUT2D eigenvalue weighted by molar-refractivity contribution is 7.90. The molecule has 1 aliphatic heterocycles. The molecule has 0 N–H and O–H groups in total. The monoisotopic (exact) mass is 534 g/mol. The summed E-state index contributed by atoms with van der Waals surface area (Å²) in [4.78, 5) is -0.226. The van der Waals surface area contributed by atoms with E-state index >= 15 is 0 Å². The molecule has 1 aliphatic rings. The third kappa shape index (κ3) is 7.54. The number of nitrogens with zero attached hydrogens (tertiary/aromatic N) is 8. The molecule has 0 aromatic heterocycles. The molecule has 36 heavy (non-hydrogen) atoms. The van der Waals surface area contributed by atoms with Gasteiger partial charge in [-0.3, -0.25) is 10.0 Å². The van der Waals surface area contributed by atoms with Crippen molar-refractivity contribution in [3.05, 3.63) is 48.5 Å². The van der Waals surface area contributed by atoms with Gasteiger partial charge in [-0.25, -0.2) is 0 Å². The van der Waals surface area contributed by atoms with Gasteiger partial charge < -0.3 is 10.2 Å². The maximum absolute atomic E-state index is 11.9. The van der Waals surface area contributed by atoms with Gasteiger partial charge in [0.25, 0.3) is 20.0 Å². The molecule has 0 spiro atoms. The van der Waals surface area contributed by atoms with E-state index in [2.05, 4.69) is 29.5 Å². The summed E-state index contributed by atoms with van der Waals surface area (Å²) in [6.07, 6.45) is 0. The van der Waals surface area contributed by atoms with Crippen LogP contribution in [0, 0.1) is 0 Å². The van der Waals surface area contributed by atoms with Crippen LogP contribution in [0.1, 0.15) is 13.8 Å². The smallest absolute Gasteiger partial charge is 0.281 e. The fourth-order valence-corrected chi connectivity index (χ4v) is 4.76. The zero-order chi connectivity index (χ0) is 26.3. The molecule has 14 nitrogen and oxygen atoms in total. The highest BCUT2D eigenvalue weighted by atomic mass is 32.2. The molecule has 3 rings (SSSR count). The third-order valence-electron chi connectivity index (χ3n) is 4.57. The van der Waals surface area contributed by atoms with Gasteiger partial charge in [0.15, 0.2) is 0 Å². The van der Waals surface area contributed by atoms with Gasteiger partial charge in [0.05, 0.1) is 47.3 Å². The molecule has 0 atom stereocenters. The quantitative estimate of drug-likeness (QED) is 0.271. The molecule has 192 valence electrons. The minimum atomic E-state index is -4.03. The van der Waals surface area contributed by atoms with Gasteiger partial charge in [0.2, 0.25) is 0 Å². The minimum Gasteiger partial charge on any atom is -0.861 e. The first-order valence-electron chi connectivity index (χ1n) is 10.5. The third-order valence-corrected chi connectivity index (χ3v) is 7.30. The highest BCUT2D eigenvalue weighted by Gasteiger charge is 2.15. The van der Waals surface area contributed by atoms with E-state index in [0.717, 1.165) is 13.8 Å². The van der Waals surface area contributed by atoms with Crippen molar-refractivity contribution in [3.63, 3.8) is 0 Å². The Hall–Kier alpha value is -3.92. The summed E-state index contributed by atoms with van der Waals surface area (Å²) in [7, 11) is -8.06. The Labute approximate surface area is 208 Å². The predicted molar refractivity (Wildman–Crippen MR) is 126 cm³/mol. The minimum absolute atomic E-state index is 0.113. The van der Waals surface area contributed by atoms with E-state index in [9.17, 15) is 27.0 Å². The van der Waals surface area contributed by atoms with Crippen molar-refractivity contribution in [3.8, 4) is 0 Å². The Balaban J connectivity index is 1.52. The summed E-state index contributed by atoms with van der Waals surface area (Å²) in [6, 6.07) is 11.0. The molecule has 0 aliphatic carbocycles. The Morgan fingerprint density at radius 2 is 0.944 bits per heavy atom. The zero-order valence-electron chi connectivity index (χ0n) is 19.3. The van der Waals surface area contributed by atoms with E-state index < -0.39 is 31.8 Å². The van der Waals surface area contributed by atoms with E-state index in [4.69, 9.17) is 0 Å². The molecule has 0 bridgehead atoms. The molecular formula is C20H22N8O6S2-2. The molecule has 1 heterocycles. The molecule has 16 heteroatoms. The lowest BCUT2D eigenvalue weighted by Gasteiger charge is -2.29. The summed E-state index contributed by atoms with van der Waals surface area (Å²) in [5, 5.41) is 41.8. The highest BCUT2D eigenvalue weighted by Crippen LogP contribution is 2.21. The van der Waals surface area contributed by atoms with E-state index in [1.165, 1.54) is 48.5 Å². The molecular weight excluding hydrogens is 512 g/mol. The van der Waals surface area contributed by atoms with Crippen LogP contribution in [0.15, 0.2) is 87.8 Å². The van der Waals surface area contributed by atoms with Gasteiger partial charge in [-0.1, -0.05) is 10.4 Å². The van der Waals surface area contributed by atoms with Crippen LogP contribution in [-0.2, 0) is 20.0 Å². The second kappa shape index (κ2) is 11.2. The zero-order valence-corrected chi connectivity index (χ0v) is 20.9. The largest absolute Gasteiger partial charge is 0.861 e. The van der Waals surface area contributed by atoms with Crippen LogP contribution >= 0.6 is 0 Å². The van der Waals surface area contributed by atoms with E-state index in [0.29, 0.717) is 37.6 Å². The Morgan fingerprint density at radius 3 is 1.22 bits per heavy atom. The fourth-order valence-electron chi connectivity index (χ4n) is 2.91. The van der Waals surface area contributed by atoms with Crippen molar-refractivity contribution >= 4 is 43.2 Å². The van der Waals surface area contributed by atoms with Gasteiger partial charge >= 0.3 is 0 Å². The molecule has 0 radical (unpaired) electrons. The average Bonchev–Trinajstić information content (AvgIpc) is 2.81. The summed E-state index contributed by atoms with van der Waals surface area (Å²) < 4.78 is 53.9. The van der Waals surface area contributed by atoms with Crippen LogP contribution in [0.25, 0.3) is 0 Å². The predicted octanol–water partition coefficient (Wildman–Crippen LogP) is 0.937. The molecule has 0 saturated carbocycles. The number of benzene rings is 2. The van der Waals surface area contributed by atoms with E-state index in [1.54, 1.807) is 10.0 Å². The van der Waals surface area contributed by atoms with Crippen molar-refractivity contribution in [1.29, 1.82) is 0 Å². The first kappa shape index (κ1) is 26.7.